The van der Waals surface area contributed by atoms with E-state index in [1.165, 1.54) is 7.11 Å². The van der Waals surface area contributed by atoms with Crippen LogP contribution in [0.2, 0.25) is 0 Å². The average molecular weight is 323 g/mol. The maximum Gasteiger partial charge on any atom is 0.354 e. The molecule has 3 aromatic rings. The maximum absolute atomic E-state index is 11.6. The van der Waals surface area contributed by atoms with Gasteiger partial charge in [-0.25, -0.2) is 9.78 Å². The smallest absolute Gasteiger partial charge is 0.354 e. The van der Waals surface area contributed by atoms with Crippen LogP contribution < -0.4 is 0 Å². The number of carbonyl (C=O) groups is 1. The molecule has 2 aromatic carbocycles. The molecule has 0 aliphatic carbocycles. The molecule has 0 aliphatic rings. The first-order valence-corrected chi connectivity index (χ1v) is 7.50. The van der Waals surface area contributed by atoms with Crippen LogP contribution in [0, 0.1) is 0 Å². The molecule has 1 N–H and O–H groups in total. The molecular formula is C19H17NO4. The molecule has 122 valence electrons. The Balaban J connectivity index is 2.00. The molecule has 1 unspecified atom stereocenters. The number of rotatable bonds is 6. The molecular weight excluding hydrogens is 306 g/mol. The molecule has 0 bridgehead atoms. The van der Waals surface area contributed by atoms with Gasteiger partial charge in [0.1, 0.15) is 0 Å². The molecule has 5 heteroatoms. The largest absolute Gasteiger partial charge is 0.476 e. The predicted octanol–water partition coefficient (Wildman–Crippen LogP) is 3.79. The number of benzene rings is 2. The lowest BCUT2D eigenvalue weighted by atomic mass is 10.0. The summed E-state index contributed by atoms with van der Waals surface area (Å²) in [6.45, 7) is 0.307. The topological polar surface area (TPSA) is 68.7 Å². The fraction of sp³-hybridized carbons (Fsp3) is 0.158. The van der Waals surface area contributed by atoms with Gasteiger partial charge in [0.15, 0.2) is 12.0 Å². The van der Waals surface area contributed by atoms with E-state index in [-0.39, 0.29) is 5.69 Å². The Hall–Kier alpha value is -2.76. The number of aromatic nitrogens is 1. The van der Waals surface area contributed by atoms with Crippen molar-refractivity contribution in [3.8, 4) is 0 Å². The minimum Gasteiger partial charge on any atom is -0.476 e. The van der Waals surface area contributed by atoms with Crippen LogP contribution in [0.15, 0.2) is 60.8 Å². The molecule has 0 fully saturated rings. The number of carboxylic acid groups (broad SMARTS) is 1. The number of fused-ring (bicyclic) bond motifs is 1. The Morgan fingerprint density at radius 2 is 1.83 bits per heavy atom. The summed E-state index contributed by atoms with van der Waals surface area (Å²) in [5, 5.41) is 11.1. The molecule has 0 radical (unpaired) electrons. The van der Waals surface area contributed by atoms with Crippen molar-refractivity contribution >= 4 is 16.7 Å². The Morgan fingerprint density at radius 3 is 2.54 bits per heavy atom. The highest BCUT2D eigenvalue weighted by molar-refractivity contribution is 5.95. The van der Waals surface area contributed by atoms with Gasteiger partial charge in [-0.2, -0.15) is 0 Å². The third kappa shape index (κ3) is 3.27. The molecule has 0 saturated carbocycles. The third-order valence-corrected chi connectivity index (χ3v) is 3.74. The molecule has 1 atom stereocenters. The van der Waals surface area contributed by atoms with E-state index in [1.807, 2.05) is 54.6 Å². The summed E-state index contributed by atoms with van der Waals surface area (Å²) in [5.74, 6) is -1.11. The maximum atomic E-state index is 11.6. The second-order valence-corrected chi connectivity index (χ2v) is 5.28. The number of ether oxygens (including phenoxy) is 2. The Labute approximate surface area is 139 Å². The summed E-state index contributed by atoms with van der Waals surface area (Å²) in [5.41, 5.74) is 1.34. The predicted molar refractivity (Wildman–Crippen MR) is 89.7 cm³/mol. The van der Waals surface area contributed by atoms with Crippen molar-refractivity contribution in [1.29, 1.82) is 0 Å². The first-order valence-electron chi connectivity index (χ1n) is 7.50. The van der Waals surface area contributed by atoms with Crippen molar-refractivity contribution in [2.24, 2.45) is 0 Å². The zero-order chi connectivity index (χ0) is 16.9. The highest BCUT2D eigenvalue weighted by Gasteiger charge is 2.23. The highest BCUT2D eigenvalue weighted by atomic mass is 16.7. The van der Waals surface area contributed by atoms with Gasteiger partial charge in [0.2, 0.25) is 0 Å². The number of hydrogen-bond acceptors (Lipinski definition) is 4. The number of pyridine rings is 1. The fourth-order valence-corrected chi connectivity index (χ4v) is 2.61. The number of aromatic carboxylic acids is 1. The molecule has 1 heterocycles. The fourth-order valence-electron chi connectivity index (χ4n) is 2.61. The SMILES string of the molecule is COC(OCc1ccccc1)c1c(C(=O)O)ncc2ccccc12. The first kappa shape index (κ1) is 16.1. The second-order valence-electron chi connectivity index (χ2n) is 5.28. The van der Waals surface area contributed by atoms with E-state index in [2.05, 4.69) is 4.98 Å². The number of nitrogens with zero attached hydrogens (tertiary/aromatic N) is 1. The Morgan fingerprint density at radius 1 is 1.12 bits per heavy atom. The summed E-state index contributed by atoms with van der Waals surface area (Å²) in [7, 11) is 1.49. The van der Waals surface area contributed by atoms with E-state index in [9.17, 15) is 9.90 Å². The molecule has 0 amide bonds. The van der Waals surface area contributed by atoms with Crippen molar-refractivity contribution in [2.45, 2.75) is 12.9 Å². The van der Waals surface area contributed by atoms with Crippen LogP contribution in [0.5, 0.6) is 0 Å². The van der Waals surface area contributed by atoms with Gasteiger partial charge in [-0.3, -0.25) is 0 Å². The van der Waals surface area contributed by atoms with E-state index < -0.39 is 12.3 Å². The summed E-state index contributed by atoms with van der Waals surface area (Å²) in [4.78, 5) is 15.7. The zero-order valence-electron chi connectivity index (χ0n) is 13.2. The van der Waals surface area contributed by atoms with E-state index >= 15 is 0 Å². The summed E-state index contributed by atoms with van der Waals surface area (Å²) in [6, 6.07) is 17.1. The molecule has 3 rings (SSSR count). The number of methoxy groups -OCH3 is 1. The zero-order valence-corrected chi connectivity index (χ0v) is 13.2. The standard InChI is InChI=1S/C19H17NO4/c1-23-19(24-12-13-7-3-2-4-8-13)16-15-10-6-5-9-14(15)11-20-17(16)18(21)22/h2-11,19H,12H2,1H3,(H,21,22). The minimum atomic E-state index is -1.11. The Bertz CT molecular complexity index is 848. The van der Waals surface area contributed by atoms with Gasteiger partial charge in [-0.15, -0.1) is 0 Å². The van der Waals surface area contributed by atoms with Crippen LogP contribution in [0.4, 0.5) is 0 Å². The molecule has 5 nitrogen and oxygen atoms in total. The lowest BCUT2D eigenvalue weighted by Gasteiger charge is -2.20. The van der Waals surface area contributed by atoms with Crippen molar-refractivity contribution < 1.29 is 19.4 Å². The van der Waals surface area contributed by atoms with Gasteiger partial charge in [0, 0.05) is 24.3 Å². The van der Waals surface area contributed by atoms with Crippen molar-refractivity contribution in [2.75, 3.05) is 7.11 Å². The molecule has 1 aromatic heterocycles. The average Bonchev–Trinajstić information content (AvgIpc) is 2.62. The van der Waals surface area contributed by atoms with Gasteiger partial charge in [-0.05, 0) is 10.9 Å². The van der Waals surface area contributed by atoms with Crippen LogP contribution in [0.1, 0.15) is 27.9 Å². The van der Waals surface area contributed by atoms with Gasteiger partial charge in [0.05, 0.1) is 6.61 Å². The first-order chi connectivity index (χ1) is 11.7. The third-order valence-electron chi connectivity index (χ3n) is 3.74. The second kappa shape index (κ2) is 7.21. The van der Waals surface area contributed by atoms with E-state index in [1.54, 1.807) is 6.20 Å². The number of hydrogen-bond donors (Lipinski definition) is 1. The minimum absolute atomic E-state index is 0.0615. The summed E-state index contributed by atoms with van der Waals surface area (Å²) >= 11 is 0. The normalized spacial score (nSPS) is 12.2. The van der Waals surface area contributed by atoms with Crippen molar-refractivity contribution in [3.63, 3.8) is 0 Å². The molecule has 24 heavy (non-hydrogen) atoms. The van der Waals surface area contributed by atoms with Crippen molar-refractivity contribution in [1.82, 2.24) is 4.98 Å². The van der Waals surface area contributed by atoms with E-state index in [4.69, 9.17) is 9.47 Å². The summed E-state index contributed by atoms with van der Waals surface area (Å²) < 4.78 is 11.3. The van der Waals surface area contributed by atoms with Crippen LogP contribution >= 0.6 is 0 Å². The molecule has 0 aliphatic heterocycles. The molecule has 0 saturated heterocycles. The van der Waals surface area contributed by atoms with E-state index in [0.717, 1.165) is 16.3 Å². The van der Waals surface area contributed by atoms with Crippen LogP contribution in [0.25, 0.3) is 10.8 Å². The highest BCUT2D eigenvalue weighted by Crippen LogP contribution is 2.30. The molecule has 0 spiro atoms. The van der Waals surface area contributed by atoms with Crippen LogP contribution in [-0.4, -0.2) is 23.2 Å². The quantitative estimate of drug-likeness (QED) is 0.699. The summed E-state index contributed by atoms with van der Waals surface area (Å²) in [6.07, 6.45) is 0.724. The lowest BCUT2D eigenvalue weighted by molar-refractivity contribution is -0.135. The van der Waals surface area contributed by atoms with Crippen LogP contribution in [0.3, 0.4) is 0 Å². The van der Waals surface area contributed by atoms with Crippen LogP contribution in [-0.2, 0) is 16.1 Å². The van der Waals surface area contributed by atoms with Gasteiger partial charge < -0.3 is 14.6 Å². The van der Waals surface area contributed by atoms with E-state index in [0.29, 0.717) is 12.2 Å². The van der Waals surface area contributed by atoms with Gasteiger partial charge in [-0.1, -0.05) is 54.6 Å². The lowest BCUT2D eigenvalue weighted by Crippen LogP contribution is -2.14. The number of carboxylic acids is 1. The van der Waals surface area contributed by atoms with Gasteiger partial charge >= 0.3 is 5.97 Å². The monoisotopic (exact) mass is 323 g/mol. The van der Waals surface area contributed by atoms with Crippen molar-refractivity contribution in [3.05, 3.63) is 77.6 Å². The Kier molecular flexibility index (Phi) is 4.84. The van der Waals surface area contributed by atoms with Gasteiger partial charge in [0.25, 0.3) is 0 Å².